The Morgan fingerprint density at radius 2 is 1.96 bits per heavy atom. The summed E-state index contributed by atoms with van der Waals surface area (Å²) in [6.07, 6.45) is -2.52. The zero-order valence-corrected chi connectivity index (χ0v) is 11.6. The van der Waals surface area contributed by atoms with Crippen molar-refractivity contribution in [1.82, 2.24) is 4.98 Å². The van der Waals surface area contributed by atoms with E-state index in [1.165, 1.54) is 6.20 Å². The fourth-order valence-corrected chi connectivity index (χ4v) is 2.22. The maximum atomic E-state index is 12.0. The van der Waals surface area contributed by atoms with E-state index in [9.17, 15) is 22.8 Å². The molecule has 0 radical (unpaired) electrons. The van der Waals surface area contributed by atoms with Gasteiger partial charge in [-0.15, -0.1) is 0 Å². The molecular weight excluding hydrogens is 310 g/mol. The molecule has 0 bridgehead atoms. The van der Waals surface area contributed by atoms with Gasteiger partial charge in [0.2, 0.25) is 0 Å². The molecule has 122 valence electrons. The predicted molar refractivity (Wildman–Crippen MR) is 75.0 cm³/mol. The van der Waals surface area contributed by atoms with Gasteiger partial charge in [0.25, 0.3) is 0 Å². The minimum absolute atomic E-state index is 0. The molecule has 9 heteroatoms. The zero-order chi connectivity index (χ0) is 16.2. The molecule has 0 saturated carbocycles. The predicted octanol–water partition coefficient (Wildman–Crippen LogP) is 1.50. The third kappa shape index (κ3) is 5.97. The molecule has 0 aliphatic carbocycles. The van der Waals surface area contributed by atoms with Crippen LogP contribution in [0.4, 0.5) is 13.2 Å². The summed E-state index contributed by atoms with van der Waals surface area (Å²) in [5.41, 5.74) is 1.22. The molecule has 1 saturated heterocycles. The van der Waals surface area contributed by atoms with Crippen molar-refractivity contribution in [1.29, 1.82) is 0 Å². The summed E-state index contributed by atoms with van der Waals surface area (Å²) in [7, 11) is 0. The van der Waals surface area contributed by atoms with Crippen LogP contribution in [-0.2, 0) is 25.5 Å². The standard InChI is InChI=1S/C14H14F3NO4.Li.H/c15-14(16,17)13(20)22-12(19)8-11-7-10(1-4-18-11)9-2-5-21-6-3-9;;/h1,4,7,9H,2-3,5-6,8H2;;. The number of carbonyl (C=O) groups is 2. The Morgan fingerprint density at radius 3 is 2.57 bits per heavy atom. The van der Waals surface area contributed by atoms with Crippen LogP contribution in [0.5, 0.6) is 0 Å². The van der Waals surface area contributed by atoms with Gasteiger partial charge >= 0.3 is 37.0 Å². The molecule has 0 amide bonds. The first-order valence-electron chi connectivity index (χ1n) is 6.70. The molecule has 1 aromatic rings. The first-order chi connectivity index (χ1) is 10.4. The average Bonchev–Trinajstić information content (AvgIpc) is 2.47. The average molecular weight is 325 g/mol. The van der Waals surface area contributed by atoms with Gasteiger partial charge in [-0.25, -0.2) is 4.79 Å². The summed E-state index contributed by atoms with van der Waals surface area (Å²) < 4.78 is 45.0. The van der Waals surface area contributed by atoms with Crippen molar-refractivity contribution >= 4 is 30.8 Å². The van der Waals surface area contributed by atoms with Crippen molar-refractivity contribution in [3.8, 4) is 0 Å². The van der Waals surface area contributed by atoms with Crippen molar-refractivity contribution in [2.24, 2.45) is 0 Å². The van der Waals surface area contributed by atoms with E-state index in [2.05, 4.69) is 9.72 Å². The van der Waals surface area contributed by atoms with Crippen LogP contribution in [0.15, 0.2) is 18.3 Å². The van der Waals surface area contributed by atoms with Crippen LogP contribution in [0, 0.1) is 0 Å². The number of halogens is 3. The minimum atomic E-state index is -5.19. The second kappa shape index (κ2) is 8.48. The van der Waals surface area contributed by atoms with Gasteiger partial charge in [0.1, 0.15) is 0 Å². The quantitative estimate of drug-likeness (QED) is 0.479. The fraction of sp³-hybridized carbons (Fsp3) is 0.500. The van der Waals surface area contributed by atoms with E-state index in [1.807, 2.05) is 0 Å². The van der Waals surface area contributed by atoms with Crippen LogP contribution in [-0.4, -0.2) is 55.2 Å². The molecule has 1 aliphatic heterocycles. The normalized spacial score (nSPS) is 15.6. The molecule has 2 rings (SSSR count). The number of hydrogen-bond acceptors (Lipinski definition) is 5. The molecule has 2 heterocycles. The van der Waals surface area contributed by atoms with Crippen LogP contribution in [0.25, 0.3) is 0 Å². The summed E-state index contributed by atoms with van der Waals surface area (Å²) in [4.78, 5) is 25.9. The van der Waals surface area contributed by atoms with Gasteiger partial charge in [-0.2, -0.15) is 13.2 Å². The number of alkyl halides is 3. The van der Waals surface area contributed by atoms with Gasteiger partial charge in [0, 0.05) is 19.4 Å². The van der Waals surface area contributed by atoms with E-state index in [0.29, 0.717) is 13.2 Å². The molecule has 0 aromatic carbocycles. The Balaban J connectivity index is 0.00000264. The van der Waals surface area contributed by atoms with Gasteiger partial charge in [-0.05, 0) is 36.5 Å². The van der Waals surface area contributed by atoms with Crippen molar-refractivity contribution in [2.45, 2.75) is 31.4 Å². The third-order valence-electron chi connectivity index (χ3n) is 3.30. The van der Waals surface area contributed by atoms with Gasteiger partial charge < -0.3 is 9.47 Å². The number of ether oxygens (including phenoxy) is 2. The number of rotatable bonds is 3. The van der Waals surface area contributed by atoms with Crippen LogP contribution in [0.2, 0.25) is 0 Å². The third-order valence-corrected chi connectivity index (χ3v) is 3.30. The van der Waals surface area contributed by atoms with E-state index < -0.39 is 24.5 Å². The molecule has 0 N–H and O–H groups in total. The number of carbonyl (C=O) groups excluding carboxylic acids is 2. The van der Waals surface area contributed by atoms with Gasteiger partial charge in [-0.1, -0.05) is 0 Å². The first kappa shape index (κ1) is 19.7. The van der Waals surface area contributed by atoms with Gasteiger partial charge in [0.05, 0.1) is 12.1 Å². The maximum absolute atomic E-state index is 12.0. The molecular formula is C14H15F3LiNO4. The summed E-state index contributed by atoms with van der Waals surface area (Å²) >= 11 is 0. The number of pyridine rings is 1. The summed E-state index contributed by atoms with van der Waals surface area (Å²) in [6, 6.07) is 3.45. The van der Waals surface area contributed by atoms with E-state index in [4.69, 9.17) is 4.74 Å². The van der Waals surface area contributed by atoms with Crippen LogP contribution >= 0.6 is 0 Å². The molecule has 5 nitrogen and oxygen atoms in total. The van der Waals surface area contributed by atoms with Gasteiger partial charge in [0.15, 0.2) is 0 Å². The summed E-state index contributed by atoms with van der Waals surface area (Å²) in [5.74, 6) is -3.53. The van der Waals surface area contributed by atoms with E-state index in [0.717, 1.165) is 18.4 Å². The van der Waals surface area contributed by atoms with Gasteiger partial charge in [-0.3, -0.25) is 9.78 Å². The Morgan fingerprint density at radius 1 is 1.30 bits per heavy atom. The number of esters is 2. The molecule has 23 heavy (non-hydrogen) atoms. The van der Waals surface area contributed by atoms with Crippen molar-refractivity contribution in [3.63, 3.8) is 0 Å². The molecule has 0 atom stereocenters. The Kier molecular flexibility index (Phi) is 7.26. The van der Waals surface area contributed by atoms with Crippen LogP contribution < -0.4 is 0 Å². The number of hydrogen-bond donors (Lipinski definition) is 0. The topological polar surface area (TPSA) is 65.5 Å². The van der Waals surface area contributed by atoms with Crippen LogP contribution in [0.3, 0.4) is 0 Å². The van der Waals surface area contributed by atoms with Crippen molar-refractivity contribution in [2.75, 3.05) is 13.2 Å². The van der Waals surface area contributed by atoms with Crippen LogP contribution in [0.1, 0.15) is 30.0 Å². The number of aromatic nitrogens is 1. The first-order valence-corrected chi connectivity index (χ1v) is 6.70. The van der Waals surface area contributed by atoms with E-state index in [1.54, 1.807) is 12.1 Å². The Labute approximate surface area is 142 Å². The second-order valence-corrected chi connectivity index (χ2v) is 4.90. The summed E-state index contributed by atoms with van der Waals surface area (Å²) in [6.45, 7) is 1.29. The molecule has 1 fully saturated rings. The second-order valence-electron chi connectivity index (χ2n) is 4.90. The van der Waals surface area contributed by atoms with E-state index in [-0.39, 0.29) is 30.5 Å². The Bertz CT molecular complexity index is 559. The number of nitrogens with zero attached hydrogens (tertiary/aromatic N) is 1. The van der Waals surface area contributed by atoms with Crippen molar-refractivity contribution < 1.29 is 32.2 Å². The van der Waals surface area contributed by atoms with E-state index >= 15 is 0 Å². The van der Waals surface area contributed by atoms with Crippen molar-refractivity contribution in [3.05, 3.63) is 29.6 Å². The SMILES string of the molecule is O=C(Cc1cc(C2CCOCC2)ccn1)OC(=O)C(F)(F)F.[LiH]. The molecule has 1 aromatic heterocycles. The molecule has 0 spiro atoms. The molecule has 1 aliphatic rings. The summed E-state index contributed by atoms with van der Waals surface area (Å²) in [5, 5.41) is 0. The monoisotopic (exact) mass is 325 g/mol. The fourth-order valence-electron chi connectivity index (χ4n) is 2.22. The zero-order valence-electron chi connectivity index (χ0n) is 11.6. The Hall–Kier alpha value is -1.36. The molecule has 0 unspecified atom stereocenters.